The first kappa shape index (κ1) is 15.8. The number of alkyl halides is 3. The number of amides is 2. The first-order valence-corrected chi connectivity index (χ1v) is 5.68. The molecule has 0 aliphatic heterocycles. The molecule has 0 radical (unpaired) electrons. The van der Waals surface area contributed by atoms with Crippen LogP contribution in [0.1, 0.15) is 15.9 Å². The van der Waals surface area contributed by atoms with Crippen molar-refractivity contribution in [3.05, 3.63) is 35.4 Å². The number of hydrogen-bond acceptors (Lipinski definition) is 2. The van der Waals surface area contributed by atoms with Crippen LogP contribution in [0.4, 0.5) is 18.0 Å². The van der Waals surface area contributed by atoms with E-state index in [0.29, 0.717) is 12.0 Å². The Morgan fingerprint density at radius 1 is 1.20 bits per heavy atom. The van der Waals surface area contributed by atoms with Gasteiger partial charge in [0.25, 0.3) is 0 Å². The summed E-state index contributed by atoms with van der Waals surface area (Å²) in [6, 6.07) is 5.17. The van der Waals surface area contributed by atoms with Crippen molar-refractivity contribution in [2.75, 3.05) is 13.1 Å². The Bertz CT molecular complexity index is 489. The number of halogens is 3. The molecule has 1 aromatic carbocycles. The zero-order chi connectivity index (χ0) is 15.2. The van der Waals surface area contributed by atoms with Crippen molar-refractivity contribution < 1.29 is 27.9 Å². The number of carboxylic acid groups (broad SMARTS) is 1. The smallest absolute Gasteiger partial charge is 0.405 e. The first-order valence-electron chi connectivity index (χ1n) is 5.68. The molecule has 8 heteroatoms. The van der Waals surface area contributed by atoms with Crippen LogP contribution in [-0.4, -0.2) is 36.4 Å². The third-order valence-corrected chi connectivity index (χ3v) is 2.32. The monoisotopic (exact) mass is 290 g/mol. The normalized spacial score (nSPS) is 10.9. The molecule has 0 atom stereocenters. The van der Waals surface area contributed by atoms with Gasteiger partial charge in [0.15, 0.2) is 0 Å². The molecule has 0 bridgehead atoms. The molecule has 20 heavy (non-hydrogen) atoms. The Morgan fingerprint density at radius 3 is 2.50 bits per heavy atom. The molecule has 0 aromatic heterocycles. The molecule has 0 unspecified atom stereocenters. The maximum absolute atomic E-state index is 11.8. The predicted molar refractivity (Wildman–Crippen MR) is 64.6 cm³/mol. The van der Waals surface area contributed by atoms with E-state index >= 15 is 0 Å². The molecule has 1 aromatic rings. The molecule has 0 fully saturated rings. The van der Waals surface area contributed by atoms with E-state index in [1.807, 2.05) is 0 Å². The molecular formula is C12H13F3N2O3. The topological polar surface area (TPSA) is 78.4 Å². The molecule has 5 nitrogen and oxygen atoms in total. The van der Waals surface area contributed by atoms with Gasteiger partial charge >= 0.3 is 18.2 Å². The minimum absolute atomic E-state index is 0.104. The van der Waals surface area contributed by atoms with Crippen LogP contribution in [0.2, 0.25) is 0 Å². The van der Waals surface area contributed by atoms with Gasteiger partial charge in [-0.3, -0.25) is 0 Å². The lowest BCUT2D eigenvalue weighted by molar-refractivity contribution is -0.122. The predicted octanol–water partition coefficient (Wildman–Crippen LogP) is 1.79. The Balaban J connectivity index is 2.35. The van der Waals surface area contributed by atoms with Gasteiger partial charge in [-0.1, -0.05) is 12.1 Å². The second-order valence-electron chi connectivity index (χ2n) is 3.98. The number of carboxylic acids is 1. The highest BCUT2D eigenvalue weighted by molar-refractivity contribution is 5.87. The zero-order valence-corrected chi connectivity index (χ0v) is 10.3. The van der Waals surface area contributed by atoms with Crippen LogP contribution in [0.15, 0.2) is 24.3 Å². The van der Waals surface area contributed by atoms with Gasteiger partial charge in [-0.2, -0.15) is 13.2 Å². The lowest BCUT2D eigenvalue weighted by Gasteiger charge is -2.09. The summed E-state index contributed by atoms with van der Waals surface area (Å²) in [5.41, 5.74) is 0.782. The van der Waals surface area contributed by atoms with Gasteiger partial charge in [-0.15, -0.1) is 0 Å². The molecule has 0 saturated heterocycles. The molecule has 0 aliphatic carbocycles. The molecule has 3 N–H and O–H groups in total. The van der Waals surface area contributed by atoms with E-state index in [9.17, 15) is 22.8 Å². The highest BCUT2D eigenvalue weighted by Crippen LogP contribution is 2.11. The van der Waals surface area contributed by atoms with Gasteiger partial charge in [-0.25, -0.2) is 9.59 Å². The second-order valence-corrected chi connectivity index (χ2v) is 3.98. The van der Waals surface area contributed by atoms with Gasteiger partial charge in [0.1, 0.15) is 6.54 Å². The summed E-state index contributed by atoms with van der Waals surface area (Å²) in [5, 5.41) is 12.7. The fourth-order valence-corrected chi connectivity index (χ4v) is 1.42. The average molecular weight is 290 g/mol. The summed E-state index contributed by atoms with van der Waals surface area (Å²) in [4.78, 5) is 21.8. The Hall–Kier alpha value is -2.25. The van der Waals surface area contributed by atoms with Gasteiger partial charge in [-0.05, 0) is 24.1 Å². The summed E-state index contributed by atoms with van der Waals surface area (Å²) in [7, 11) is 0. The Kier molecular flexibility index (Phi) is 5.36. The summed E-state index contributed by atoms with van der Waals surface area (Å²) in [5.74, 6) is -1.07. The Labute approximate surface area is 112 Å². The quantitative estimate of drug-likeness (QED) is 0.773. The van der Waals surface area contributed by atoms with E-state index in [1.54, 1.807) is 17.4 Å². The fraction of sp³-hybridized carbons (Fsp3) is 0.333. The van der Waals surface area contributed by atoms with Gasteiger partial charge in [0, 0.05) is 6.54 Å². The summed E-state index contributed by atoms with van der Waals surface area (Å²) < 4.78 is 35.5. The third-order valence-electron chi connectivity index (χ3n) is 2.32. The average Bonchev–Trinajstić information content (AvgIpc) is 2.36. The highest BCUT2D eigenvalue weighted by Gasteiger charge is 2.27. The van der Waals surface area contributed by atoms with Crippen LogP contribution < -0.4 is 10.6 Å². The Morgan fingerprint density at radius 2 is 1.90 bits per heavy atom. The van der Waals surface area contributed by atoms with Crippen LogP contribution in [-0.2, 0) is 6.42 Å². The van der Waals surface area contributed by atoms with Crippen molar-refractivity contribution in [2.45, 2.75) is 12.6 Å². The number of hydrogen-bond donors (Lipinski definition) is 3. The maximum Gasteiger partial charge on any atom is 0.405 e. The maximum atomic E-state index is 11.8. The van der Waals surface area contributed by atoms with Gasteiger partial charge in [0.05, 0.1) is 5.56 Å². The molecule has 2 amide bonds. The van der Waals surface area contributed by atoms with E-state index in [0.717, 1.165) is 0 Å². The highest BCUT2D eigenvalue weighted by atomic mass is 19.4. The van der Waals surface area contributed by atoms with Crippen molar-refractivity contribution >= 4 is 12.0 Å². The summed E-state index contributed by atoms with van der Waals surface area (Å²) >= 11 is 0. The molecule has 0 aliphatic rings. The number of urea groups is 1. The van der Waals surface area contributed by atoms with Crippen LogP contribution in [0.25, 0.3) is 0 Å². The van der Waals surface area contributed by atoms with Crippen molar-refractivity contribution in [2.24, 2.45) is 0 Å². The van der Waals surface area contributed by atoms with E-state index < -0.39 is 24.7 Å². The molecule has 1 rings (SSSR count). The van der Waals surface area contributed by atoms with E-state index in [1.165, 1.54) is 12.1 Å². The second kappa shape index (κ2) is 6.78. The number of carbonyl (C=O) groups excluding carboxylic acids is 1. The fourth-order valence-electron chi connectivity index (χ4n) is 1.42. The lowest BCUT2D eigenvalue weighted by Crippen LogP contribution is -2.41. The molecule has 0 spiro atoms. The minimum Gasteiger partial charge on any atom is -0.478 e. The summed E-state index contributed by atoms with van der Waals surface area (Å²) in [6.45, 7) is -1.29. The van der Waals surface area contributed by atoms with Crippen LogP contribution in [0.3, 0.4) is 0 Å². The van der Waals surface area contributed by atoms with Crippen molar-refractivity contribution in [1.82, 2.24) is 10.6 Å². The standard InChI is InChI=1S/C12H13F3N2O3/c13-12(14,15)7-17-11(20)16-5-4-8-2-1-3-9(6-8)10(18)19/h1-3,6H,4-5,7H2,(H,18,19)(H2,16,17,20). The third kappa shape index (κ3) is 6.07. The lowest BCUT2D eigenvalue weighted by atomic mass is 10.1. The van der Waals surface area contributed by atoms with Crippen molar-refractivity contribution in [3.63, 3.8) is 0 Å². The number of aromatic carboxylic acids is 1. The number of rotatable bonds is 5. The molecule has 0 saturated carbocycles. The largest absolute Gasteiger partial charge is 0.478 e. The van der Waals surface area contributed by atoms with Crippen LogP contribution >= 0.6 is 0 Å². The number of nitrogens with one attached hydrogen (secondary N) is 2. The van der Waals surface area contributed by atoms with Crippen molar-refractivity contribution in [3.8, 4) is 0 Å². The molecule has 0 heterocycles. The number of carbonyl (C=O) groups is 2. The minimum atomic E-state index is -4.45. The SMILES string of the molecule is O=C(NCCc1cccc(C(=O)O)c1)NCC(F)(F)F. The van der Waals surface area contributed by atoms with Gasteiger partial charge in [0.2, 0.25) is 0 Å². The van der Waals surface area contributed by atoms with E-state index in [2.05, 4.69) is 5.32 Å². The molecule has 110 valence electrons. The molecular weight excluding hydrogens is 277 g/mol. The number of benzene rings is 1. The summed E-state index contributed by atoms with van der Waals surface area (Å²) in [6.07, 6.45) is -4.13. The van der Waals surface area contributed by atoms with Crippen LogP contribution in [0, 0.1) is 0 Å². The van der Waals surface area contributed by atoms with Gasteiger partial charge < -0.3 is 15.7 Å². The van der Waals surface area contributed by atoms with Crippen molar-refractivity contribution in [1.29, 1.82) is 0 Å². The van der Waals surface area contributed by atoms with Crippen LogP contribution in [0.5, 0.6) is 0 Å². The van der Waals surface area contributed by atoms with E-state index in [4.69, 9.17) is 5.11 Å². The zero-order valence-electron chi connectivity index (χ0n) is 10.3. The first-order chi connectivity index (χ1) is 9.28. The van der Waals surface area contributed by atoms with E-state index in [-0.39, 0.29) is 12.1 Å².